The smallest absolute Gasteiger partial charge is 0.199 e. The summed E-state index contributed by atoms with van der Waals surface area (Å²) in [5.41, 5.74) is 1.48. The number of hydrogen-bond acceptors (Lipinski definition) is 4. The maximum atomic E-state index is 12.3. The van der Waals surface area contributed by atoms with Crippen LogP contribution in [0.4, 0.5) is 0 Å². The Morgan fingerprint density at radius 3 is 2.45 bits per heavy atom. The zero-order valence-corrected chi connectivity index (χ0v) is 11.1. The minimum Gasteiger partial charge on any atom is -0.507 e. The number of hydrogen-bond donors (Lipinski definition) is 3. The van der Waals surface area contributed by atoms with Crippen molar-refractivity contribution >= 4 is 5.78 Å². The van der Waals surface area contributed by atoms with Crippen molar-refractivity contribution in [2.24, 2.45) is 0 Å². The first-order valence-corrected chi connectivity index (χ1v) is 6.25. The lowest BCUT2D eigenvalue weighted by atomic mass is 9.96. The fraction of sp³-hybridized carbons (Fsp3) is 0.188. The molecular formula is C16H16O4. The fourth-order valence-corrected chi connectivity index (χ4v) is 2.07. The number of aliphatic hydroxyl groups excluding tert-OH is 2. The Balaban J connectivity index is 2.41. The van der Waals surface area contributed by atoms with E-state index < -0.39 is 11.9 Å². The van der Waals surface area contributed by atoms with Crippen molar-refractivity contribution in [2.75, 3.05) is 0 Å². The molecule has 3 N–H and O–H groups in total. The van der Waals surface area contributed by atoms with Gasteiger partial charge in [0.05, 0.1) is 12.2 Å². The van der Waals surface area contributed by atoms with Crippen molar-refractivity contribution in [3.8, 4) is 5.75 Å². The van der Waals surface area contributed by atoms with Gasteiger partial charge in [-0.3, -0.25) is 4.79 Å². The van der Waals surface area contributed by atoms with E-state index in [9.17, 15) is 15.0 Å². The summed E-state index contributed by atoms with van der Waals surface area (Å²) in [4.78, 5) is 12.3. The van der Waals surface area contributed by atoms with Crippen LogP contribution in [0.3, 0.4) is 0 Å². The van der Waals surface area contributed by atoms with Gasteiger partial charge in [0.25, 0.3) is 0 Å². The van der Waals surface area contributed by atoms with Gasteiger partial charge in [-0.2, -0.15) is 0 Å². The van der Waals surface area contributed by atoms with Gasteiger partial charge in [0.2, 0.25) is 0 Å². The Kier molecular flexibility index (Phi) is 4.17. The van der Waals surface area contributed by atoms with Crippen LogP contribution in [0.15, 0.2) is 42.5 Å². The van der Waals surface area contributed by atoms with Gasteiger partial charge in [0, 0.05) is 0 Å². The number of benzene rings is 2. The maximum Gasteiger partial charge on any atom is 0.199 e. The molecule has 0 amide bonds. The van der Waals surface area contributed by atoms with Gasteiger partial charge in [0.1, 0.15) is 11.9 Å². The Labute approximate surface area is 116 Å². The molecular weight excluding hydrogens is 256 g/mol. The summed E-state index contributed by atoms with van der Waals surface area (Å²) >= 11 is 0. The summed E-state index contributed by atoms with van der Waals surface area (Å²) in [6, 6.07) is 11.5. The molecule has 1 unspecified atom stereocenters. The van der Waals surface area contributed by atoms with E-state index in [-0.39, 0.29) is 17.9 Å². The second-order valence-corrected chi connectivity index (χ2v) is 4.64. The number of phenolic OH excluding ortho intramolecular Hbond substituents is 1. The van der Waals surface area contributed by atoms with E-state index in [0.29, 0.717) is 16.7 Å². The van der Waals surface area contributed by atoms with E-state index in [1.807, 2.05) is 0 Å². The zero-order chi connectivity index (χ0) is 14.7. The van der Waals surface area contributed by atoms with Crippen LogP contribution < -0.4 is 0 Å². The molecule has 0 heterocycles. The van der Waals surface area contributed by atoms with Crippen LogP contribution in [0.5, 0.6) is 5.75 Å². The van der Waals surface area contributed by atoms with Crippen molar-refractivity contribution in [1.29, 1.82) is 0 Å². The highest BCUT2D eigenvalue weighted by Gasteiger charge is 2.23. The number of aromatic hydroxyl groups is 1. The van der Waals surface area contributed by atoms with Gasteiger partial charge in [-0.1, -0.05) is 36.4 Å². The number of rotatable bonds is 4. The summed E-state index contributed by atoms with van der Waals surface area (Å²) in [7, 11) is 0. The Morgan fingerprint density at radius 2 is 1.85 bits per heavy atom. The lowest BCUT2D eigenvalue weighted by Crippen LogP contribution is -2.13. The predicted molar refractivity (Wildman–Crippen MR) is 74.5 cm³/mol. The molecule has 0 fully saturated rings. The molecule has 2 aromatic carbocycles. The minimum absolute atomic E-state index is 0.0189. The summed E-state index contributed by atoms with van der Waals surface area (Å²) in [6.07, 6.45) is -1.34. The minimum atomic E-state index is -1.34. The van der Waals surface area contributed by atoms with Gasteiger partial charge in [0.15, 0.2) is 5.78 Å². The van der Waals surface area contributed by atoms with E-state index in [4.69, 9.17) is 5.11 Å². The molecule has 0 spiro atoms. The van der Waals surface area contributed by atoms with Crippen molar-refractivity contribution in [1.82, 2.24) is 0 Å². The third kappa shape index (κ3) is 2.71. The molecule has 0 aliphatic carbocycles. The number of carbonyl (C=O) groups is 1. The monoisotopic (exact) mass is 272 g/mol. The van der Waals surface area contributed by atoms with Crippen LogP contribution in [0.1, 0.15) is 33.2 Å². The van der Waals surface area contributed by atoms with E-state index >= 15 is 0 Å². The molecule has 2 rings (SSSR count). The molecule has 0 saturated carbocycles. The predicted octanol–water partition coefficient (Wildman–Crippen LogP) is 2.11. The molecule has 4 nitrogen and oxygen atoms in total. The van der Waals surface area contributed by atoms with Crippen molar-refractivity contribution < 1.29 is 20.1 Å². The number of ketones is 1. The number of phenols is 1. The second-order valence-electron chi connectivity index (χ2n) is 4.64. The second kappa shape index (κ2) is 5.86. The molecule has 0 saturated heterocycles. The first-order valence-electron chi connectivity index (χ1n) is 6.25. The van der Waals surface area contributed by atoms with Crippen molar-refractivity contribution in [3.63, 3.8) is 0 Å². The van der Waals surface area contributed by atoms with Crippen LogP contribution in [0, 0.1) is 6.92 Å². The van der Waals surface area contributed by atoms with E-state index in [2.05, 4.69) is 0 Å². The SMILES string of the molecule is Cc1cc(CO)cc(C(=O)C(O)c2ccccc2)c1O. The zero-order valence-electron chi connectivity index (χ0n) is 11.1. The maximum absolute atomic E-state index is 12.3. The normalized spacial score (nSPS) is 12.2. The highest BCUT2D eigenvalue weighted by Crippen LogP contribution is 2.28. The average Bonchev–Trinajstić information content (AvgIpc) is 2.49. The van der Waals surface area contributed by atoms with E-state index in [1.165, 1.54) is 6.07 Å². The summed E-state index contributed by atoms with van der Waals surface area (Å²) in [5, 5.41) is 29.2. The molecule has 0 aliphatic rings. The van der Waals surface area contributed by atoms with E-state index in [1.54, 1.807) is 43.3 Å². The highest BCUT2D eigenvalue weighted by molar-refractivity contribution is 6.02. The molecule has 0 bridgehead atoms. The topological polar surface area (TPSA) is 77.8 Å². The van der Waals surface area contributed by atoms with Crippen LogP contribution in [0.25, 0.3) is 0 Å². The van der Waals surface area contributed by atoms with Gasteiger partial charge >= 0.3 is 0 Å². The van der Waals surface area contributed by atoms with Gasteiger partial charge in [-0.25, -0.2) is 0 Å². The quantitative estimate of drug-likeness (QED) is 0.745. The lowest BCUT2D eigenvalue weighted by Gasteiger charge is -2.13. The van der Waals surface area contributed by atoms with Crippen LogP contribution in [-0.4, -0.2) is 21.1 Å². The highest BCUT2D eigenvalue weighted by atomic mass is 16.3. The number of carbonyl (C=O) groups excluding carboxylic acids is 1. The molecule has 4 heteroatoms. The first-order chi connectivity index (χ1) is 9.54. The standard InChI is InChI=1S/C16H16O4/c1-10-7-11(9-17)8-13(14(10)18)16(20)15(19)12-5-3-2-4-6-12/h2-8,15,17-19H,9H2,1H3. The molecule has 104 valence electrons. The Hall–Kier alpha value is -2.17. The third-order valence-electron chi connectivity index (χ3n) is 3.17. The lowest BCUT2D eigenvalue weighted by molar-refractivity contribution is 0.0744. The Morgan fingerprint density at radius 1 is 1.20 bits per heavy atom. The van der Waals surface area contributed by atoms with Crippen molar-refractivity contribution in [3.05, 3.63) is 64.7 Å². The van der Waals surface area contributed by atoms with Crippen molar-refractivity contribution in [2.45, 2.75) is 19.6 Å². The largest absolute Gasteiger partial charge is 0.507 e. The fourth-order valence-electron chi connectivity index (χ4n) is 2.07. The molecule has 0 aromatic heterocycles. The number of Topliss-reactive ketones (excluding diaryl/α,β-unsaturated/α-hetero) is 1. The first kappa shape index (κ1) is 14.2. The van der Waals surface area contributed by atoms with Crippen LogP contribution >= 0.6 is 0 Å². The molecule has 20 heavy (non-hydrogen) atoms. The number of aliphatic hydroxyl groups is 2. The molecule has 1 atom stereocenters. The molecule has 0 radical (unpaired) electrons. The van der Waals surface area contributed by atoms with Crippen LogP contribution in [0.2, 0.25) is 0 Å². The average molecular weight is 272 g/mol. The summed E-state index contributed by atoms with van der Waals surface area (Å²) in [6.45, 7) is 1.41. The summed E-state index contributed by atoms with van der Waals surface area (Å²) < 4.78 is 0. The van der Waals surface area contributed by atoms with Gasteiger partial charge in [-0.15, -0.1) is 0 Å². The number of aryl methyl sites for hydroxylation is 1. The third-order valence-corrected chi connectivity index (χ3v) is 3.17. The van der Waals surface area contributed by atoms with E-state index in [0.717, 1.165) is 0 Å². The molecule has 0 aliphatic heterocycles. The van der Waals surface area contributed by atoms with Gasteiger partial charge in [-0.05, 0) is 29.7 Å². The Bertz CT molecular complexity index is 620. The molecule has 2 aromatic rings. The van der Waals surface area contributed by atoms with Crippen LogP contribution in [-0.2, 0) is 6.61 Å². The van der Waals surface area contributed by atoms with Gasteiger partial charge < -0.3 is 15.3 Å². The summed E-state index contributed by atoms with van der Waals surface area (Å²) in [5.74, 6) is -0.755.